The number of allylic oxidation sites excluding steroid dienone is 1. The third kappa shape index (κ3) is 5.16. The molecule has 1 unspecified atom stereocenters. The number of aromatic amines is 1. The minimum absolute atomic E-state index is 0.0469. The van der Waals surface area contributed by atoms with Crippen molar-refractivity contribution in [1.29, 1.82) is 5.41 Å². The molecule has 0 spiro atoms. The lowest BCUT2D eigenvalue weighted by Gasteiger charge is -2.36. The summed E-state index contributed by atoms with van der Waals surface area (Å²) >= 11 is 0. The van der Waals surface area contributed by atoms with E-state index >= 15 is 0 Å². The third-order valence-electron chi connectivity index (χ3n) is 5.70. The van der Waals surface area contributed by atoms with Crippen molar-refractivity contribution < 1.29 is 13.6 Å². The number of rotatable bonds is 6. The van der Waals surface area contributed by atoms with E-state index in [0.29, 0.717) is 23.8 Å². The van der Waals surface area contributed by atoms with Gasteiger partial charge in [-0.05, 0) is 25.0 Å². The van der Waals surface area contributed by atoms with Crippen molar-refractivity contribution in [2.45, 2.75) is 19.3 Å². The topological polar surface area (TPSA) is 114 Å². The van der Waals surface area contributed by atoms with Crippen molar-refractivity contribution in [1.82, 2.24) is 30.2 Å². The Labute approximate surface area is 184 Å². The molecule has 0 aliphatic carbocycles. The summed E-state index contributed by atoms with van der Waals surface area (Å²) in [6.45, 7) is 4.60. The lowest BCUT2D eigenvalue weighted by Crippen LogP contribution is -2.51. The predicted molar refractivity (Wildman–Crippen MR) is 117 cm³/mol. The van der Waals surface area contributed by atoms with E-state index in [9.17, 15) is 13.6 Å². The molecule has 0 saturated carbocycles. The van der Waals surface area contributed by atoms with Crippen LogP contribution in [0.2, 0.25) is 0 Å². The summed E-state index contributed by atoms with van der Waals surface area (Å²) in [6.07, 6.45) is 4.34. The highest BCUT2D eigenvalue weighted by atomic mass is 19.3. The van der Waals surface area contributed by atoms with Gasteiger partial charge in [-0.3, -0.25) is 10.2 Å². The molecule has 1 amide bonds. The van der Waals surface area contributed by atoms with Gasteiger partial charge in [-0.2, -0.15) is 0 Å². The minimum atomic E-state index is -2.82. The van der Waals surface area contributed by atoms with Crippen molar-refractivity contribution in [3.8, 4) is 11.4 Å². The summed E-state index contributed by atoms with van der Waals surface area (Å²) in [5, 5.41) is 10.5. The number of aromatic nitrogens is 4. The summed E-state index contributed by atoms with van der Waals surface area (Å²) in [4.78, 5) is 32.8. The molecule has 170 valence electrons. The number of H-pyrrole nitrogens is 1. The maximum Gasteiger partial charge on any atom is 0.279 e. The van der Waals surface area contributed by atoms with Crippen LogP contribution in [0.5, 0.6) is 0 Å². The van der Waals surface area contributed by atoms with Gasteiger partial charge in [0, 0.05) is 45.3 Å². The molecule has 0 aromatic carbocycles. The predicted octanol–water partition coefficient (Wildman–Crippen LogP) is 1.81. The number of nitrogens with one attached hydrogen (secondary N) is 3. The fourth-order valence-corrected chi connectivity index (χ4v) is 3.99. The van der Waals surface area contributed by atoms with Crippen LogP contribution in [0, 0.1) is 11.3 Å². The molecule has 11 heteroatoms. The summed E-state index contributed by atoms with van der Waals surface area (Å²) in [5.41, 5.74) is 0.450. The van der Waals surface area contributed by atoms with Crippen LogP contribution in [0.4, 0.5) is 14.6 Å². The lowest BCUT2D eigenvalue weighted by atomic mass is 9.96. The Morgan fingerprint density at radius 1 is 1.22 bits per heavy atom. The van der Waals surface area contributed by atoms with Gasteiger partial charge in [-0.15, -0.1) is 0 Å². The Balaban J connectivity index is 1.45. The van der Waals surface area contributed by atoms with Crippen LogP contribution in [0.3, 0.4) is 0 Å². The second-order valence-corrected chi connectivity index (χ2v) is 7.89. The Bertz CT molecular complexity index is 986. The number of piperazine rings is 1. The molecule has 2 fully saturated rings. The fraction of sp³-hybridized carbons (Fsp3) is 0.476. The quantitative estimate of drug-likeness (QED) is 0.586. The second-order valence-electron chi connectivity index (χ2n) is 7.89. The SMILES string of the molecule is N=C(/C=C\c1ncc(-c2cc(N3CCCC(C(=O)N4CCNCC4)C3)ncn2)[nH]1)C(F)F. The number of piperidine rings is 1. The van der Waals surface area contributed by atoms with Gasteiger partial charge in [0.25, 0.3) is 6.43 Å². The molecule has 0 bridgehead atoms. The number of amides is 1. The monoisotopic (exact) mass is 444 g/mol. The number of anilines is 1. The van der Waals surface area contributed by atoms with E-state index in [0.717, 1.165) is 57.5 Å². The van der Waals surface area contributed by atoms with Crippen LogP contribution in [0.1, 0.15) is 18.7 Å². The van der Waals surface area contributed by atoms with Gasteiger partial charge in [0.15, 0.2) is 0 Å². The zero-order valence-corrected chi connectivity index (χ0v) is 17.6. The van der Waals surface area contributed by atoms with E-state index in [-0.39, 0.29) is 11.8 Å². The largest absolute Gasteiger partial charge is 0.356 e. The van der Waals surface area contributed by atoms with Gasteiger partial charge in [-0.25, -0.2) is 23.7 Å². The molecule has 32 heavy (non-hydrogen) atoms. The molecule has 2 aromatic heterocycles. The van der Waals surface area contributed by atoms with Crippen LogP contribution in [-0.2, 0) is 4.79 Å². The van der Waals surface area contributed by atoms with Gasteiger partial charge in [-0.1, -0.05) is 0 Å². The Hall–Kier alpha value is -3.21. The molecule has 9 nitrogen and oxygen atoms in total. The lowest BCUT2D eigenvalue weighted by molar-refractivity contribution is -0.136. The van der Waals surface area contributed by atoms with Crippen molar-refractivity contribution in [3.63, 3.8) is 0 Å². The molecule has 2 aliphatic rings. The normalized spacial score (nSPS) is 19.7. The van der Waals surface area contributed by atoms with E-state index in [1.165, 1.54) is 12.4 Å². The van der Waals surface area contributed by atoms with Gasteiger partial charge in [0.05, 0.1) is 29.2 Å². The minimum Gasteiger partial charge on any atom is -0.356 e. The molecular weight excluding hydrogens is 418 g/mol. The highest BCUT2D eigenvalue weighted by Gasteiger charge is 2.30. The van der Waals surface area contributed by atoms with E-state index in [1.54, 1.807) is 6.20 Å². The van der Waals surface area contributed by atoms with Crippen LogP contribution < -0.4 is 10.2 Å². The van der Waals surface area contributed by atoms with Crippen LogP contribution in [-0.4, -0.2) is 82.1 Å². The number of carbonyl (C=O) groups is 1. The Kier molecular flexibility index (Phi) is 6.84. The van der Waals surface area contributed by atoms with E-state index < -0.39 is 12.1 Å². The number of hydrogen-bond acceptors (Lipinski definition) is 7. The van der Waals surface area contributed by atoms with Gasteiger partial charge < -0.3 is 20.1 Å². The number of hydrogen-bond donors (Lipinski definition) is 3. The van der Waals surface area contributed by atoms with E-state index in [1.807, 2.05) is 11.0 Å². The summed E-state index contributed by atoms with van der Waals surface area (Å²) in [7, 11) is 0. The number of alkyl halides is 2. The first kappa shape index (κ1) is 22.0. The zero-order chi connectivity index (χ0) is 22.5. The number of nitrogens with zero attached hydrogens (tertiary/aromatic N) is 5. The molecule has 1 atom stereocenters. The average molecular weight is 444 g/mol. The second kappa shape index (κ2) is 9.94. The molecule has 0 radical (unpaired) electrons. The van der Waals surface area contributed by atoms with E-state index in [4.69, 9.17) is 5.41 Å². The van der Waals surface area contributed by atoms with E-state index in [2.05, 4.69) is 30.2 Å². The first-order chi connectivity index (χ1) is 15.5. The molecular formula is C21H26F2N8O. The first-order valence-corrected chi connectivity index (χ1v) is 10.7. The van der Waals surface area contributed by atoms with Crippen molar-refractivity contribution in [3.05, 3.63) is 30.5 Å². The number of imidazole rings is 1. The van der Waals surface area contributed by atoms with Crippen LogP contribution in [0.25, 0.3) is 17.5 Å². The highest BCUT2D eigenvalue weighted by Crippen LogP contribution is 2.25. The third-order valence-corrected chi connectivity index (χ3v) is 5.70. The summed E-state index contributed by atoms with van der Waals surface area (Å²) < 4.78 is 24.9. The van der Waals surface area contributed by atoms with Crippen LogP contribution >= 0.6 is 0 Å². The standard InChI is InChI=1S/C21H26F2N8O/c22-20(23)15(24)3-4-18-26-11-17(29-18)16-10-19(28-13-27-16)31-7-1-2-14(12-31)21(32)30-8-5-25-6-9-30/h3-4,10-11,13-14,20,24-25H,1-2,5-9,12H2,(H,26,29)/b4-3-,24-15?. The van der Waals surface area contributed by atoms with Crippen molar-refractivity contribution in [2.75, 3.05) is 44.2 Å². The zero-order valence-electron chi connectivity index (χ0n) is 17.6. The number of halogens is 2. The van der Waals surface area contributed by atoms with Crippen molar-refractivity contribution >= 4 is 23.5 Å². The summed E-state index contributed by atoms with van der Waals surface area (Å²) in [5.74, 6) is 1.25. The molecule has 2 aromatic rings. The van der Waals surface area contributed by atoms with Crippen molar-refractivity contribution in [2.24, 2.45) is 5.92 Å². The van der Waals surface area contributed by atoms with Gasteiger partial charge in [0.2, 0.25) is 5.91 Å². The Morgan fingerprint density at radius 2 is 2.03 bits per heavy atom. The molecule has 2 aliphatic heterocycles. The smallest absolute Gasteiger partial charge is 0.279 e. The van der Waals surface area contributed by atoms with Gasteiger partial charge >= 0.3 is 0 Å². The fourth-order valence-electron chi connectivity index (χ4n) is 3.99. The number of carbonyl (C=O) groups excluding carboxylic acids is 1. The molecule has 4 rings (SSSR count). The Morgan fingerprint density at radius 3 is 2.81 bits per heavy atom. The summed E-state index contributed by atoms with van der Waals surface area (Å²) in [6, 6.07) is 1.83. The maximum absolute atomic E-state index is 12.9. The van der Waals surface area contributed by atoms with Crippen LogP contribution in [0.15, 0.2) is 24.7 Å². The highest BCUT2D eigenvalue weighted by molar-refractivity contribution is 5.97. The molecule has 4 heterocycles. The molecule has 3 N–H and O–H groups in total. The average Bonchev–Trinajstić information content (AvgIpc) is 3.32. The van der Waals surface area contributed by atoms with Gasteiger partial charge in [0.1, 0.15) is 18.0 Å². The molecule has 2 saturated heterocycles. The first-order valence-electron chi connectivity index (χ1n) is 10.7. The maximum atomic E-state index is 12.9.